The molecule has 2 rings (SSSR count). The predicted octanol–water partition coefficient (Wildman–Crippen LogP) is 3.11. The molecule has 1 aliphatic carbocycles. The van der Waals surface area contributed by atoms with Crippen molar-refractivity contribution < 1.29 is 13.2 Å². The summed E-state index contributed by atoms with van der Waals surface area (Å²) in [6, 6.07) is 0.181. The molecule has 6 heteroatoms. The highest BCUT2D eigenvalue weighted by molar-refractivity contribution is 4.92. The van der Waals surface area contributed by atoms with Crippen LogP contribution in [-0.2, 0) is 13.1 Å². The van der Waals surface area contributed by atoms with Crippen LogP contribution in [0.15, 0.2) is 12.4 Å². The van der Waals surface area contributed by atoms with Crippen LogP contribution in [-0.4, -0.2) is 21.8 Å². The zero-order valence-corrected chi connectivity index (χ0v) is 11.1. The molecule has 1 aromatic heterocycles. The van der Waals surface area contributed by atoms with Crippen LogP contribution in [0.5, 0.6) is 0 Å². The number of nitrogens with one attached hydrogen (secondary N) is 1. The molecule has 1 saturated carbocycles. The summed E-state index contributed by atoms with van der Waals surface area (Å²) in [5, 5.41) is 3.32. The average Bonchev–Trinajstić information content (AvgIpc) is 2.83. The Balaban J connectivity index is 1.77. The van der Waals surface area contributed by atoms with Crippen LogP contribution in [0, 0.1) is 5.92 Å². The predicted molar refractivity (Wildman–Crippen MR) is 66.5 cm³/mol. The zero-order chi connectivity index (χ0) is 13.9. The number of aryl methyl sites for hydroxylation is 1. The number of halogens is 3. The van der Waals surface area contributed by atoms with Gasteiger partial charge < -0.3 is 9.88 Å². The van der Waals surface area contributed by atoms with Gasteiger partial charge in [-0.1, -0.05) is 0 Å². The largest absolute Gasteiger partial charge is 0.391 e. The minimum absolute atomic E-state index is 0.181. The maximum absolute atomic E-state index is 12.5. The number of imidazole rings is 1. The number of aromatic nitrogens is 2. The number of rotatable bonds is 4. The van der Waals surface area contributed by atoms with E-state index in [1.807, 2.05) is 17.7 Å². The van der Waals surface area contributed by atoms with E-state index in [1.165, 1.54) is 0 Å². The molecule has 0 saturated heterocycles. The van der Waals surface area contributed by atoms with E-state index in [2.05, 4.69) is 10.3 Å². The van der Waals surface area contributed by atoms with Gasteiger partial charge in [0.05, 0.1) is 12.5 Å². The Labute approximate surface area is 111 Å². The van der Waals surface area contributed by atoms with Crippen molar-refractivity contribution in [2.75, 3.05) is 0 Å². The monoisotopic (exact) mass is 275 g/mol. The van der Waals surface area contributed by atoms with Gasteiger partial charge >= 0.3 is 6.18 Å². The van der Waals surface area contributed by atoms with E-state index in [1.54, 1.807) is 6.20 Å². The van der Waals surface area contributed by atoms with Gasteiger partial charge in [0.15, 0.2) is 0 Å². The number of alkyl halides is 3. The van der Waals surface area contributed by atoms with Gasteiger partial charge in [0.25, 0.3) is 0 Å². The van der Waals surface area contributed by atoms with Gasteiger partial charge in [-0.3, -0.25) is 0 Å². The summed E-state index contributed by atoms with van der Waals surface area (Å²) in [6.07, 6.45) is 1.31. The van der Waals surface area contributed by atoms with Crippen molar-refractivity contribution >= 4 is 0 Å². The molecular formula is C13H20F3N3. The van der Waals surface area contributed by atoms with Gasteiger partial charge in [0.1, 0.15) is 5.82 Å². The molecular weight excluding hydrogens is 255 g/mol. The lowest BCUT2D eigenvalue weighted by atomic mass is 9.85. The number of hydrogen-bond acceptors (Lipinski definition) is 2. The third-order valence-corrected chi connectivity index (χ3v) is 3.88. The summed E-state index contributed by atoms with van der Waals surface area (Å²) in [5.41, 5.74) is 0. The van der Waals surface area contributed by atoms with E-state index in [0.29, 0.717) is 19.4 Å². The van der Waals surface area contributed by atoms with E-state index < -0.39 is 12.1 Å². The molecule has 0 amide bonds. The van der Waals surface area contributed by atoms with Gasteiger partial charge in [-0.25, -0.2) is 4.98 Å². The van der Waals surface area contributed by atoms with E-state index in [4.69, 9.17) is 0 Å². The molecule has 0 atom stereocenters. The molecule has 1 fully saturated rings. The molecule has 0 radical (unpaired) electrons. The summed E-state index contributed by atoms with van der Waals surface area (Å²) in [7, 11) is 0. The first-order valence-corrected chi connectivity index (χ1v) is 6.80. The van der Waals surface area contributed by atoms with Crippen molar-refractivity contribution in [3.05, 3.63) is 18.2 Å². The van der Waals surface area contributed by atoms with E-state index >= 15 is 0 Å². The molecule has 0 bridgehead atoms. The van der Waals surface area contributed by atoms with Crippen molar-refractivity contribution in [3.63, 3.8) is 0 Å². The molecule has 1 heterocycles. The Morgan fingerprint density at radius 3 is 2.58 bits per heavy atom. The molecule has 1 N–H and O–H groups in total. The quantitative estimate of drug-likeness (QED) is 0.915. The molecule has 0 spiro atoms. The molecule has 3 nitrogen and oxygen atoms in total. The molecule has 0 unspecified atom stereocenters. The summed E-state index contributed by atoms with van der Waals surface area (Å²) in [6.45, 7) is 3.53. The topological polar surface area (TPSA) is 29.9 Å². The molecule has 1 aromatic rings. The van der Waals surface area contributed by atoms with Crippen molar-refractivity contribution in [2.45, 2.75) is 57.9 Å². The first kappa shape index (κ1) is 14.4. The van der Waals surface area contributed by atoms with E-state index in [0.717, 1.165) is 12.4 Å². The minimum atomic E-state index is -4.02. The van der Waals surface area contributed by atoms with Crippen LogP contribution in [0.4, 0.5) is 13.2 Å². The fourth-order valence-corrected chi connectivity index (χ4v) is 2.66. The average molecular weight is 275 g/mol. The molecule has 1 aliphatic rings. The Morgan fingerprint density at radius 2 is 2.00 bits per heavy atom. The van der Waals surface area contributed by atoms with Gasteiger partial charge in [0, 0.05) is 25.0 Å². The Kier molecular flexibility index (Phi) is 4.50. The normalized spacial score (nSPS) is 24.6. The lowest BCUT2D eigenvalue weighted by molar-refractivity contribution is -0.182. The first-order chi connectivity index (χ1) is 9.00. The first-order valence-electron chi connectivity index (χ1n) is 6.80. The second-order valence-corrected chi connectivity index (χ2v) is 5.10. The van der Waals surface area contributed by atoms with E-state index in [-0.39, 0.29) is 18.9 Å². The number of nitrogens with zero attached hydrogens (tertiary/aromatic N) is 2. The molecule has 19 heavy (non-hydrogen) atoms. The van der Waals surface area contributed by atoms with Gasteiger partial charge in [-0.15, -0.1) is 0 Å². The minimum Gasteiger partial charge on any atom is -0.334 e. The second kappa shape index (κ2) is 5.94. The highest BCUT2D eigenvalue weighted by Gasteiger charge is 2.41. The maximum Gasteiger partial charge on any atom is 0.391 e. The van der Waals surface area contributed by atoms with E-state index in [9.17, 15) is 13.2 Å². The number of hydrogen-bond donors (Lipinski definition) is 1. The fraction of sp³-hybridized carbons (Fsp3) is 0.769. The van der Waals surface area contributed by atoms with Crippen LogP contribution in [0.2, 0.25) is 0 Å². The fourth-order valence-electron chi connectivity index (χ4n) is 2.66. The van der Waals surface area contributed by atoms with Crippen LogP contribution < -0.4 is 5.32 Å². The van der Waals surface area contributed by atoms with Crippen LogP contribution in [0.1, 0.15) is 38.4 Å². The zero-order valence-electron chi connectivity index (χ0n) is 11.1. The van der Waals surface area contributed by atoms with Crippen LogP contribution in [0.3, 0.4) is 0 Å². The molecule has 108 valence electrons. The van der Waals surface area contributed by atoms with Crippen molar-refractivity contribution in [1.29, 1.82) is 0 Å². The van der Waals surface area contributed by atoms with Gasteiger partial charge in [0.2, 0.25) is 0 Å². The van der Waals surface area contributed by atoms with Crippen LogP contribution >= 0.6 is 0 Å². The Bertz CT molecular complexity index is 392. The highest BCUT2D eigenvalue weighted by atomic mass is 19.4. The molecule has 0 aliphatic heterocycles. The van der Waals surface area contributed by atoms with Crippen molar-refractivity contribution in [2.24, 2.45) is 5.92 Å². The Hall–Kier alpha value is -1.04. The second-order valence-electron chi connectivity index (χ2n) is 5.10. The van der Waals surface area contributed by atoms with Crippen LogP contribution in [0.25, 0.3) is 0 Å². The summed E-state index contributed by atoms with van der Waals surface area (Å²) >= 11 is 0. The standard InChI is InChI=1S/C13H20F3N3/c1-2-19-8-7-17-12(19)9-18-11-5-3-10(4-6-11)13(14,15)16/h7-8,10-11,18H,2-6,9H2,1H3. The third-order valence-electron chi connectivity index (χ3n) is 3.88. The molecule has 0 aromatic carbocycles. The SMILES string of the molecule is CCn1ccnc1CNC1CCC(C(F)(F)F)CC1. The highest BCUT2D eigenvalue weighted by Crippen LogP contribution is 2.37. The lowest BCUT2D eigenvalue weighted by Gasteiger charge is -2.30. The Morgan fingerprint density at radius 1 is 1.32 bits per heavy atom. The lowest BCUT2D eigenvalue weighted by Crippen LogP contribution is -2.37. The van der Waals surface area contributed by atoms with Crippen molar-refractivity contribution in [1.82, 2.24) is 14.9 Å². The van der Waals surface area contributed by atoms with Gasteiger partial charge in [-0.2, -0.15) is 13.2 Å². The van der Waals surface area contributed by atoms with Gasteiger partial charge in [-0.05, 0) is 32.6 Å². The summed E-state index contributed by atoms with van der Waals surface area (Å²) in [4.78, 5) is 4.25. The summed E-state index contributed by atoms with van der Waals surface area (Å²) < 4.78 is 39.7. The maximum atomic E-state index is 12.5. The van der Waals surface area contributed by atoms with Crippen molar-refractivity contribution in [3.8, 4) is 0 Å². The summed E-state index contributed by atoms with van der Waals surface area (Å²) in [5.74, 6) is -0.163. The smallest absolute Gasteiger partial charge is 0.334 e. The third kappa shape index (κ3) is 3.72.